The smallest absolute Gasteiger partial charge is 0.252 e. The summed E-state index contributed by atoms with van der Waals surface area (Å²) in [6, 6.07) is 29.8. The van der Waals surface area contributed by atoms with Crippen molar-refractivity contribution < 1.29 is 24.1 Å². The minimum absolute atomic E-state index is 0.0478. The van der Waals surface area contributed by atoms with Crippen LogP contribution in [-0.4, -0.2) is 48.8 Å². The Morgan fingerprint density at radius 3 is 2.47 bits per heavy atom. The minimum atomic E-state index is -1.46. The Hall–Kier alpha value is -4.83. The molecule has 0 aromatic heterocycles. The minimum Gasteiger partial charge on any atom is -0.494 e. The molecule has 4 aromatic rings. The Morgan fingerprint density at radius 1 is 1.02 bits per heavy atom. The molecule has 1 heterocycles. The zero-order valence-corrected chi connectivity index (χ0v) is 27.6. The van der Waals surface area contributed by atoms with Gasteiger partial charge >= 0.3 is 0 Å². The van der Waals surface area contributed by atoms with E-state index in [1.807, 2.05) is 79.7 Å². The number of nitrogens with one attached hydrogen (secondary N) is 1. The van der Waals surface area contributed by atoms with E-state index in [2.05, 4.69) is 31.3 Å². The van der Waals surface area contributed by atoms with Gasteiger partial charge in [0.05, 0.1) is 13.2 Å². The van der Waals surface area contributed by atoms with Crippen molar-refractivity contribution in [2.75, 3.05) is 26.4 Å². The molecule has 4 aromatic carbocycles. The van der Waals surface area contributed by atoms with Gasteiger partial charge in [0.15, 0.2) is 11.6 Å². The van der Waals surface area contributed by atoms with Gasteiger partial charge in [-0.25, -0.2) is 4.99 Å². The number of ether oxygens (including phenoxy) is 3. The molecule has 47 heavy (non-hydrogen) atoms. The third-order valence-electron chi connectivity index (χ3n) is 7.76. The predicted molar refractivity (Wildman–Crippen MR) is 184 cm³/mol. The van der Waals surface area contributed by atoms with Crippen molar-refractivity contribution in [2.45, 2.75) is 37.8 Å². The number of para-hydroxylation sites is 1. The summed E-state index contributed by atoms with van der Waals surface area (Å²) in [6.45, 7) is 3.25. The van der Waals surface area contributed by atoms with Crippen molar-refractivity contribution in [3.63, 3.8) is 0 Å². The van der Waals surface area contributed by atoms with Crippen LogP contribution in [-0.2, 0) is 22.4 Å². The second-order valence-electron chi connectivity index (χ2n) is 10.9. The van der Waals surface area contributed by atoms with Crippen LogP contribution >= 0.6 is 15.9 Å². The lowest BCUT2D eigenvalue weighted by molar-refractivity contribution is -0.128. The predicted octanol–water partition coefficient (Wildman–Crippen LogP) is 7.41. The summed E-state index contributed by atoms with van der Waals surface area (Å²) in [6.07, 6.45) is 0.376. The summed E-state index contributed by atoms with van der Waals surface area (Å²) in [5.41, 5.74) is 11.3. The first-order valence-electron chi connectivity index (χ1n) is 15.5. The highest BCUT2D eigenvalue weighted by atomic mass is 79.9. The van der Waals surface area contributed by atoms with E-state index in [0.29, 0.717) is 61.1 Å². The summed E-state index contributed by atoms with van der Waals surface area (Å²) in [4.78, 5) is 22.7. The molecule has 5 rings (SSSR count). The van der Waals surface area contributed by atoms with Crippen LogP contribution in [0.4, 0.5) is 5.69 Å². The molecule has 2 atom stereocenters. The number of amides is 1. The van der Waals surface area contributed by atoms with Gasteiger partial charge in [0.25, 0.3) is 5.91 Å². The van der Waals surface area contributed by atoms with E-state index in [0.717, 1.165) is 21.3 Å². The van der Waals surface area contributed by atoms with Crippen molar-refractivity contribution in [3.05, 3.63) is 134 Å². The van der Waals surface area contributed by atoms with Gasteiger partial charge in [-0.2, -0.15) is 0 Å². The number of carbonyl (C=O) groups is 1. The van der Waals surface area contributed by atoms with Crippen LogP contribution < -0.4 is 14.8 Å². The molecular formula is C36H36BrN5O5. The number of nitrogens with zero attached hydrogens (tertiary/aromatic N) is 4. The fraction of sp³-hybridized carbons (Fsp3) is 0.278. The van der Waals surface area contributed by atoms with Gasteiger partial charge in [0.1, 0.15) is 11.5 Å². The Bertz CT molecular complexity index is 1740. The van der Waals surface area contributed by atoms with Gasteiger partial charge in [-0.05, 0) is 78.0 Å². The van der Waals surface area contributed by atoms with Gasteiger partial charge in [-0.1, -0.05) is 75.6 Å². The molecule has 11 heteroatoms. The number of aliphatic imine (C=N–C) groups is 1. The summed E-state index contributed by atoms with van der Waals surface area (Å²) in [5, 5.41) is 16.1. The summed E-state index contributed by atoms with van der Waals surface area (Å²) >= 11 is 3.51. The number of benzene rings is 4. The lowest BCUT2D eigenvalue weighted by atomic mass is 9.81. The Labute approximate surface area is 282 Å². The number of azide groups is 1. The van der Waals surface area contributed by atoms with Crippen molar-refractivity contribution >= 4 is 33.4 Å². The van der Waals surface area contributed by atoms with E-state index >= 15 is 0 Å². The molecule has 0 fully saturated rings. The Kier molecular flexibility index (Phi) is 11.5. The maximum Gasteiger partial charge on any atom is 0.252 e. The number of hydrogen-bond acceptors (Lipinski definition) is 7. The van der Waals surface area contributed by atoms with E-state index in [4.69, 9.17) is 24.3 Å². The van der Waals surface area contributed by atoms with Gasteiger partial charge in [0.2, 0.25) is 5.90 Å². The summed E-state index contributed by atoms with van der Waals surface area (Å²) < 4.78 is 19.0. The number of aliphatic hydroxyl groups excluding tert-OH is 1. The van der Waals surface area contributed by atoms with E-state index in [1.54, 1.807) is 24.3 Å². The molecule has 0 saturated heterocycles. The van der Waals surface area contributed by atoms with Crippen LogP contribution in [0.2, 0.25) is 0 Å². The molecule has 10 nitrogen and oxygen atoms in total. The Balaban J connectivity index is 1.55. The van der Waals surface area contributed by atoms with Gasteiger partial charge in [-0.3, -0.25) is 4.79 Å². The quantitative estimate of drug-likeness (QED) is 0.0577. The van der Waals surface area contributed by atoms with E-state index < -0.39 is 11.6 Å². The normalized spacial score (nSPS) is 16.8. The van der Waals surface area contributed by atoms with Crippen LogP contribution in [0.15, 0.2) is 112 Å². The molecule has 0 spiro atoms. The highest BCUT2D eigenvalue weighted by molar-refractivity contribution is 9.10. The van der Waals surface area contributed by atoms with Crippen molar-refractivity contribution in [2.24, 2.45) is 10.1 Å². The van der Waals surface area contributed by atoms with Crippen LogP contribution in [0.5, 0.6) is 11.5 Å². The second-order valence-corrected chi connectivity index (χ2v) is 11.8. The zero-order chi connectivity index (χ0) is 33.1. The standard InChI is InChI=1S/C36H36BrN5O5/c1-2-45-32-11-6-4-8-25(32)20-21-39-35(44)36(24-28-9-3-5-10-31(28)41-42-38)33(26-12-16-29(37)17-13-26)47-34(40-36)27-14-18-30(19-15-27)46-23-7-22-43/h3-6,8-19,33,43H,2,7,20-24H2,1H3,(H,39,44)/t33-,36-/m1/s1. The fourth-order valence-corrected chi connectivity index (χ4v) is 5.75. The van der Waals surface area contributed by atoms with Gasteiger partial charge < -0.3 is 24.6 Å². The first kappa shape index (κ1) is 33.5. The lowest BCUT2D eigenvalue weighted by Crippen LogP contribution is -2.50. The van der Waals surface area contributed by atoms with E-state index in [9.17, 15) is 10.3 Å². The molecule has 0 saturated carbocycles. The van der Waals surface area contributed by atoms with E-state index in [-0.39, 0.29) is 18.9 Å². The molecule has 2 N–H and O–H groups in total. The first-order chi connectivity index (χ1) is 23.0. The number of halogens is 1. The Morgan fingerprint density at radius 2 is 1.74 bits per heavy atom. The van der Waals surface area contributed by atoms with Gasteiger partial charge in [-0.15, -0.1) is 0 Å². The molecule has 0 radical (unpaired) electrons. The van der Waals surface area contributed by atoms with Crippen molar-refractivity contribution in [1.82, 2.24) is 5.32 Å². The first-order valence-corrected chi connectivity index (χ1v) is 16.2. The molecular weight excluding hydrogens is 662 g/mol. The third kappa shape index (κ3) is 8.13. The molecule has 1 aliphatic rings. The highest BCUT2D eigenvalue weighted by Crippen LogP contribution is 2.44. The van der Waals surface area contributed by atoms with Crippen molar-refractivity contribution in [1.29, 1.82) is 0 Å². The summed E-state index contributed by atoms with van der Waals surface area (Å²) in [7, 11) is 0. The number of aliphatic hydroxyl groups is 1. The summed E-state index contributed by atoms with van der Waals surface area (Å²) in [5.74, 6) is 1.40. The fourth-order valence-electron chi connectivity index (χ4n) is 5.49. The lowest BCUT2D eigenvalue weighted by Gasteiger charge is -2.31. The largest absolute Gasteiger partial charge is 0.494 e. The molecule has 0 unspecified atom stereocenters. The third-order valence-corrected chi connectivity index (χ3v) is 8.29. The zero-order valence-electron chi connectivity index (χ0n) is 26.0. The average molecular weight is 699 g/mol. The van der Waals surface area contributed by atoms with Crippen LogP contribution in [0.1, 0.15) is 41.7 Å². The van der Waals surface area contributed by atoms with Crippen molar-refractivity contribution in [3.8, 4) is 11.5 Å². The SMILES string of the molecule is CCOc1ccccc1CCNC(=O)[C@]1(Cc2ccccc2N=[N+]=[N-])N=C(c2ccc(OCCCO)cc2)O[C@@H]1c1ccc(Br)cc1. The maximum absolute atomic E-state index is 14.6. The number of carbonyl (C=O) groups excluding carboxylic acids is 1. The van der Waals surface area contributed by atoms with Crippen LogP contribution in [0.25, 0.3) is 10.4 Å². The highest BCUT2D eigenvalue weighted by Gasteiger charge is 2.53. The maximum atomic E-state index is 14.6. The molecule has 0 aliphatic carbocycles. The number of rotatable bonds is 15. The van der Waals surface area contributed by atoms with E-state index in [1.165, 1.54) is 0 Å². The molecule has 1 amide bonds. The monoisotopic (exact) mass is 697 g/mol. The second kappa shape index (κ2) is 16.1. The number of hydrogen-bond donors (Lipinski definition) is 2. The van der Waals surface area contributed by atoms with Crippen LogP contribution in [0, 0.1) is 0 Å². The average Bonchev–Trinajstić information content (AvgIpc) is 3.48. The topological polar surface area (TPSA) is 138 Å². The van der Waals surface area contributed by atoms with Gasteiger partial charge in [0, 0.05) is 46.6 Å². The molecule has 1 aliphatic heterocycles. The molecule has 0 bridgehead atoms. The molecule has 242 valence electrons. The van der Waals surface area contributed by atoms with Crippen LogP contribution in [0.3, 0.4) is 0 Å².